The molecule has 27 heavy (non-hydrogen) atoms. The normalized spacial score (nSPS) is 12.4. The van der Waals surface area contributed by atoms with Gasteiger partial charge in [-0.05, 0) is 54.8 Å². The third kappa shape index (κ3) is 4.89. The summed E-state index contributed by atoms with van der Waals surface area (Å²) in [5, 5.41) is 0. The first-order valence-corrected chi connectivity index (χ1v) is 9.12. The van der Waals surface area contributed by atoms with E-state index < -0.39 is 0 Å². The van der Waals surface area contributed by atoms with E-state index >= 15 is 0 Å². The molecule has 136 valence electrons. The highest BCUT2D eigenvalue weighted by Gasteiger charge is 2.16. The molecule has 3 aromatic rings. The van der Waals surface area contributed by atoms with Crippen molar-refractivity contribution in [1.82, 2.24) is 0 Å². The zero-order chi connectivity index (χ0) is 18.9. The molecule has 3 rings (SSSR count). The molecule has 3 aromatic carbocycles. The molecule has 0 spiro atoms. The van der Waals surface area contributed by atoms with Gasteiger partial charge in [0.2, 0.25) is 0 Å². The van der Waals surface area contributed by atoms with Gasteiger partial charge in [-0.3, -0.25) is 0 Å². The van der Waals surface area contributed by atoms with Crippen molar-refractivity contribution in [3.05, 3.63) is 120 Å². The van der Waals surface area contributed by atoms with Gasteiger partial charge < -0.3 is 9.47 Å². The van der Waals surface area contributed by atoms with Crippen LogP contribution in [-0.2, 0) is 0 Å². The molecule has 0 N–H and O–H groups in total. The smallest absolute Gasteiger partial charge is 0.126 e. The van der Waals surface area contributed by atoms with Crippen molar-refractivity contribution in [2.45, 2.75) is 19.8 Å². The third-order valence-corrected chi connectivity index (χ3v) is 4.24. The van der Waals surface area contributed by atoms with Crippen molar-refractivity contribution in [2.24, 2.45) is 0 Å². The third-order valence-electron chi connectivity index (χ3n) is 4.24. The van der Waals surface area contributed by atoms with Gasteiger partial charge in [0.05, 0.1) is 12.5 Å². The molecule has 0 bridgehead atoms. The summed E-state index contributed by atoms with van der Waals surface area (Å²) in [5.74, 6) is 1.82. The molecule has 0 saturated carbocycles. The lowest BCUT2D eigenvalue weighted by Crippen LogP contribution is -2.03. The Kier molecular flexibility index (Phi) is 6.48. The highest BCUT2D eigenvalue weighted by molar-refractivity contribution is 5.45. The monoisotopic (exact) mass is 356 g/mol. The lowest BCUT2D eigenvalue weighted by molar-refractivity contribution is 0.480. The summed E-state index contributed by atoms with van der Waals surface area (Å²) in [6, 6.07) is 27.1. The van der Waals surface area contributed by atoms with Crippen molar-refractivity contribution in [1.29, 1.82) is 0 Å². The molecule has 2 nitrogen and oxygen atoms in total. The minimum absolute atomic E-state index is 0.151. The summed E-state index contributed by atoms with van der Waals surface area (Å²) in [6.07, 6.45) is 7.12. The van der Waals surface area contributed by atoms with Crippen LogP contribution in [0.15, 0.2) is 104 Å². The van der Waals surface area contributed by atoms with Crippen LogP contribution >= 0.6 is 0 Å². The Bertz CT molecular complexity index is 818. The fourth-order valence-corrected chi connectivity index (χ4v) is 2.99. The number of benzene rings is 3. The second-order valence-corrected chi connectivity index (χ2v) is 6.16. The van der Waals surface area contributed by atoms with Gasteiger partial charge in [0, 0.05) is 5.92 Å². The molecule has 0 radical (unpaired) electrons. The molecule has 0 saturated heterocycles. The van der Waals surface area contributed by atoms with E-state index in [0.29, 0.717) is 0 Å². The van der Waals surface area contributed by atoms with Crippen molar-refractivity contribution in [2.75, 3.05) is 0 Å². The zero-order valence-electron chi connectivity index (χ0n) is 15.7. The molecule has 0 amide bonds. The first kappa shape index (κ1) is 18.5. The quantitative estimate of drug-likeness (QED) is 0.347. The van der Waals surface area contributed by atoms with E-state index in [9.17, 15) is 0 Å². The average molecular weight is 356 g/mol. The highest BCUT2D eigenvalue weighted by Crippen LogP contribution is 2.33. The SMILES string of the molecule is CC=COc1ccc(C(c2ccccc2)c2ccc(OC=CC)cc2)cc1. The van der Waals surface area contributed by atoms with E-state index in [2.05, 4.69) is 48.5 Å². The Balaban J connectivity index is 1.94. The predicted molar refractivity (Wildman–Crippen MR) is 111 cm³/mol. The van der Waals surface area contributed by atoms with E-state index in [0.717, 1.165) is 11.5 Å². The molecular weight excluding hydrogens is 332 g/mol. The average Bonchev–Trinajstić information content (AvgIpc) is 2.73. The van der Waals surface area contributed by atoms with Gasteiger partial charge in [0.1, 0.15) is 11.5 Å². The van der Waals surface area contributed by atoms with Crippen molar-refractivity contribution in [3.63, 3.8) is 0 Å². The first-order chi connectivity index (χ1) is 13.3. The minimum atomic E-state index is 0.151. The lowest BCUT2D eigenvalue weighted by Gasteiger charge is -2.19. The molecule has 0 aromatic heterocycles. The lowest BCUT2D eigenvalue weighted by atomic mass is 9.85. The maximum Gasteiger partial charge on any atom is 0.126 e. The van der Waals surface area contributed by atoms with E-state index in [1.165, 1.54) is 16.7 Å². The first-order valence-electron chi connectivity index (χ1n) is 9.12. The second-order valence-electron chi connectivity index (χ2n) is 6.16. The summed E-state index contributed by atoms with van der Waals surface area (Å²) in [6.45, 7) is 3.87. The summed E-state index contributed by atoms with van der Waals surface area (Å²) < 4.78 is 11.1. The molecule has 0 aliphatic rings. The molecule has 0 aliphatic heterocycles. The van der Waals surface area contributed by atoms with E-state index in [1.54, 1.807) is 12.5 Å². The fourth-order valence-electron chi connectivity index (χ4n) is 2.99. The van der Waals surface area contributed by atoms with Gasteiger partial charge in [0.25, 0.3) is 0 Å². The largest absolute Gasteiger partial charge is 0.465 e. The summed E-state index contributed by atoms with van der Waals surface area (Å²) in [4.78, 5) is 0. The van der Waals surface area contributed by atoms with Crippen LogP contribution < -0.4 is 9.47 Å². The highest BCUT2D eigenvalue weighted by atomic mass is 16.5. The van der Waals surface area contributed by atoms with E-state index in [1.807, 2.05) is 56.3 Å². The number of hydrogen-bond acceptors (Lipinski definition) is 2. The van der Waals surface area contributed by atoms with Crippen LogP contribution in [0, 0.1) is 0 Å². The second kappa shape index (κ2) is 9.44. The summed E-state index contributed by atoms with van der Waals surface area (Å²) >= 11 is 0. The zero-order valence-corrected chi connectivity index (χ0v) is 15.7. The van der Waals surface area contributed by atoms with E-state index in [4.69, 9.17) is 9.47 Å². The van der Waals surface area contributed by atoms with Gasteiger partial charge >= 0.3 is 0 Å². The molecule has 2 heteroatoms. The van der Waals surface area contributed by atoms with Crippen LogP contribution in [0.2, 0.25) is 0 Å². The molecule has 0 heterocycles. The van der Waals surface area contributed by atoms with E-state index in [-0.39, 0.29) is 5.92 Å². The number of ether oxygens (including phenoxy) is 2. The van der Waals surface area contributed by atoms with Crippen LogP contribution in [0.3, 0.4) is 0 Å². The van der Waals surface area contributed by atoms with Gasteiger partial charge in [0.15, 0.2) is 0 Å². The van der Waals surface area contributed by atoms with Crippen LogP contribution in [0.4, 0.5) is 0 Å². The Morgan fingerprint density at radius 1 is 0.556 bits per heavy atom. The van der Waals surface area contributed by atoms with Crippen molar-refractivity contribution in [3.8, 4) is 11.5 Å². The van der Waals surface area contributed by atoms with Gasteiger partial charge in [-0.25, -0.2) is 0 Å². The summed E-state index contributed by atoms with van der Waals surface area (Å²) in [7, 11) is 0. The van der Waals surface area contributed by atoms with Crippen molar-refractivity contribution >= 4 is 0 Å². The maximum absolute atomic E-state index is 5.55. The minimum Gasteiger partial charge on any atom is -0.465 e. The molecule has 0 atom stereocenters. The van der Waals surface area contributed by atoms with Gasteiger partial charge in [-0.1, -0.05) is 66.7 Å². The topological polar surface area (TPSA) is 18.5 Å². The molecule has 0 unspecified atom stereocenters. The van der Waals surface area contributed by atoms with Crippen LogP contribution in [0.1, 0.15) is 36.5 Å². The van der Waals surface area contributed by atoms with Gasteiger partial charge in [-0.2, -0.15) is 0 Å². The number of hydrogen-bond donors (Lipinski definition) is 0. The Hall–Kier alpha value is -3.26. The maximum atomic E-state index is 5.55. The Labute approximate surface area is 161 Å². The Morgan fingerprint density at radius 3 is 1.37 bits per heavy atom. The van der Waals surface area contributed by atoms with Crippen LogP contribution in [0.5, 0.6) is 11.5 Å². The van der Waals surface area contributed by atoms with Gasteiger partial charge in [-0.15, -0.1) is 0 Å². The Morgan fingerprint density at radius 2 is 0.963 bits per heavy atom. The van der Waals surface area contributed by atoms with Crippen molar-refractivity contribution < 1.29 is 9.47 Å². The molecule has 0 fully saturated rings. The fraction of sp³-hybridized carbons (Fsp3) is 0.120. The molecule has 0 aliphatic carbocycles. The molecular formula is C25H24O2. The predicted octanol–water partition coefficient (Wildman–Crippen LogP) is 6.69. The summed E-state index contributed by atoms with van der Waals surface area (Å²) in [5.41, 5.74) is 3.69. The van der Waals surface area contributed by atoms with Crippen LogP contribution in [0.25, 0.3) is 0 Å². The number of allylic oxidation sites excluding steroid dienone is 2. The number of rotatable bonds is 7. The standard InChI is InChI=1S/C25H24O2/c1-3-18-26-23-14-10-21(11-15-23)25(20-8-6-5-7-9-20)22-12-16-24(17-13-22)27-19-4-2/h3-19,25H,1-2H3. The van der Waals surface area contributed by atoms with Crippen LogP contribution in [-0.4, -0.2) is 0 Å².